The van der Waals surface area contributed by atoms with E-state index in [0.717, 1.165) is 24.3 Å². The van der Waals surface area contributed by atoms with Gasteiger partial charge in [0.25, 0.3) is 5.91 Å². The van der Waals surface area contributed by atoms with Crippen molar-refractivity contribution < 1.29 is 9.53 Å². The molecule has 1 aromatic carbocycles. The topological polar surface area (TPSA) is 79.4 Å². The number of methoxy groups -OCH3 is 1. The highest BCUT2D eigenvalue weighted by Gasteiger charge is 2.07. The summed E-state index contributed by atoms with van der Waals surface area (Å²) < 4.78 is 5.13. The van der Waals surface area contributed by atoms with Crippen LogP contribution >= 0.6 is 0 Å². The normalized spacial score (nSPS) is 10.6. The molecule has 0 radical (unpaired) electrons. The van der Waals surface area contributed by atoms with Crippen molar-refractivity contribution in [2.75, 3.05) is 39.6 Å². The van der Waals surface area contributed by atoms with Crippen molar-refractivity contribution in [3.05, 3.63) is 47.7 Å². The number of carbonyl (C=O) groups is 1. The summed E-state index contributed by atoms with van der Waals surface area (Å²) in [5.41, 5.74) is 1.42. The summed E-state index contributed by atoms with van der Waals surface area (Å²) in [5.74, 6) is 1.25. The van der Waals surface area contributed by atoms with Crippen molar-refractivity contribution in [1.82, 2.24) is 20.4 Å². The van der Waals surface area contributed by atoms with Crippen molar-refractivity contribution in [2.24, 2.45) is 0 Å². The van der Waals surface area contributed by atoms with Crippen molar-refractivity contribution in [2.45, 2.75) is 13.0 Å². The molecule has 0 fully saturated rings. The number of carbonyl (C=O) groups excluding carboxylic acids is 1. The van der Waals surface area contributed by atoms with E-state index in [0.29, 0.717) is 24.6 Å². The van der Waals surface area contributed by atoms with Gasteiger partial charge < -0.3 is 20.3 Å². The SMILES string of the molecule is COc1ccc(CNc2ccc(C(=O)NCCCN(C)C)nn2)cc1. The largest absolute Gasteiger partial charge is 0.497 e. The molecule has 0 saturated heterocycles. The first-order valence-electron chi connectivity index (χ1n) is 8.22. The van der Waals surface area contributed by atoms with Crippen LogP contribution in [-0.4, -0.2) is 55.3 Å². The Balaban J connectivity index is 1.79. The standard InChI is InChI=1S/C18H25N5O2/c1-23(2)12-4-11-19-18(24)16-9-10-17(22-21-16)20-13-14-5-7-15(25-3)8-6-14/h5-10H,4,11-13H2,1-3H3,(H,19,24)(H,20,22). The Labute approximate surface area is 148 Å². The van der Waals surface area contributed by atoms with Crippen molar-refractivity contribution in [3.8, 4) is 5.75 Å². The van der Waals surface area contributed by atoms with E-state index in [1.165, 1.54) is 0 Å². The summed E-state index contributed by atoms with van der Waals surface area (Å²) in [6.07, 6.45) is 0.896. The fourth-order valence-electron chi connectivity index (χ4n) is 2.17. The molecule has 2 N–H and O–H groups in total. The Morgan fingerprint density at radius 3 is 2.48 bits per heavy atom. The third-order valence-electron chi connectivity index (χ3n) is 3.60. The fraction of sp³-hybridized carbons (Fsp3) is 0.389. The third-order valence-corrected chi connectivity index (χ3v) is 3.60. The number of benzene rings is 1. The second kappa shape index (κ2) is 9.58. The second-order valence-corrected chi connectivity index (χ2v) is 5.92. The number of aromatic nitrogens is 2. The van der Waals surface area contributed by atoms with Crippen molar-refractivity contribution in [3.63, 3.8) is 0 Å². The smallest absolute Gasteiger partial charge is 0.271 e. The molecule has 0 bridgehead atoms. The maximum absolute atomic E-state index is 12.0. The molecule has 2 aromatic rings. The molecule has 1 amide bonds. The Morgan fingerprint density at radius 2 is 1.88 bits per heavy atom. The number of hydrogen-bond donors (Lipinski definition) is 2. The van der Waals surface area contributed by atoms with E-state index in [2.05, 4.69) is 25.7 Å². The van der Waals surface area contributed by atoms with Gasteiger partial charge in [-0.3, -0.25) is 4.79 Å². The van der Waals surface area contributed by atoms with Gasteiger partial charge >= 0.3 is 0 Å². The Morgan fingerprint density at radius 1 is 1.12 bits per heavy atom. The van der Waals surface area contributed by atoms with Crippen molar-refractivity contribution >= 4 is 11.7 Å². The van der Waals surface area contributed by atoms with Crippen LogP contribution in [0.15, 0.2) is 36.4 Å². The summed E-state index contributed by atoms with van der Waals surface area (Å²) >= 11 is 0. The highest BCUT2D eigenvalue weighted by molar-refractivity contribution is 5.92. The lowest BCUT2D eigenvalue weighted by Crippen LogP contribution is -2.28. The molecule has 0 aliphatic rings. The molecule has 0 atom stereocenters. The van der Waals surface area contributed by atoms with E-state index in [1.54, 1.807) is 19.2 Å². The lowest BCUT2D eigenvalue weighted by atomic mass is 10.2. The minimum absolute atomic E-state index is 0.201. The van der Waals surface area contributed by atoms with Crippen LogP contribution in [-0.2, 0) is 6.54 Å². The third kappa shape index (κ3) is 6.39. The summed E-state index contributed by atoms with van der Waals surface area (Å²) in [6.45, 7) is 2.17. The molecule has 0 unspecified atom stereocenters. The average molecular weight is 343 g/mol. The summed E-state index contributed by atoms with van der Waals surface area (Å²) in [7, 11) is 5.65. The number of anilines is 1. The molecular weight excluding hydrogens is 318 g/mol. The molecule has 0 aliphatic heterocycles. The fourth-order valence-corrected chi connectivity index (χ4v) is 2.17. The van der Waals surface area contributed by atoms with Crippen LogP contribution in [0.5, 0.6) is 5.75 Å². The van der Waals surface area contributed by atoms with Gasteiger partial charge in [0.15, 0.2) is 5.69 Å². The quantitative estimate of drug-likeness (QED) is 0.676. The van der Waals surface area contributed by atoms with Gasteiger partial charge in [0.05, 0.1) is 7.11 Å². The monoisotopic (exact) mass is 343 g/mol. The lowest BCUT2D eigenvalue weighted by molar-refractivity contribution is 0.0946. The number of rotatable bonds is 9. The summed E-state index contributed by atoms with van der Waals surface area (Å²) in [6, 6.07) is 11.2. The molecule has 1 aromatic heterocycles. The highest BCUT2D eigenvalue weighted by Crippen LogP contribution is 2.12. The van der Waals surface area contributed by atoms with Gasteiger partial charge in [-0.25, -0.2) is 0 Å². The van der Waals surface area contributed by atoms with Crippen LogP contribution in [0.25, 0.3) is 0 Å². The van der Waals surface area contributed by atoms with E-state index in [9.17, 15) is 4.79 Å². The summed E-state index contributed by atoms with van der Waals surface area (Å²) in [4.78, 5) is 14.1. The van der Waals surface area contributed by atoms with Gasteiger partial charge in [0.2, 0.25) is 0 Å². The zero-order chi connectivity index (χ0) is 18.1. The molecule has 2 rings (SSSR count). The van der Waals surface area contributed by atoms with Crippen LogP contribution in [0.4, 0.5) is 5.82 Å². The lowest BCUT2D eigenvalue weighted by Gasteiger charge is -2.10. The van der Waals surface area contributed by atoms with Gasteiger partial charge in [0, 0.05) is 13.1 Å². The predicted octanol–water partition coefficient (Wildman–Crippen LogP) is 1.78. The molecule has 0 spiro atoms. The first-order valence-corrected chi connectivity index (χ1v) is 8.22. The highest BCUT2D eigenvalue weighted by atomic mass is 16.5. The first-order chi connectivity index (χ1) is 12.1. The second-order valence-electron chi connectivity index (χ2n) is 5.92. The van der Waals surface area contributed by atoms with E-state index < -0.39 is 0 Å². The van der Waals surface area contributed by atoms with E-state index >= 15 is 0 Å². The van der Waals surface area contributed by atoms with Crippen LogP contribution in [0.3, 0.4) is 0 Å². The van der Waals surface area contributed by atoms with Crippen molar-refractivity contribution in [1.29, 1.82) is 0 Å². The number of nitrogens with one attached hydrogen (secondary N) is 2. The Hall–Kier alpha value is -2.67. The van der Waals surface area contributed by atoms with E-state index in [-0.39, 0.29) is 5.91 Å². The number of hydrogen-bond acceptors (Lipinski definition) is 6. The minimum Gasteiger partial charge on any atom is -0.497 e. The van der Waals surface area contributed by atoms with Crippen LogP contribution < -0.4 is 15.4 Å². The Bertz CT molecular complexity index is 656. The molecular formula is C18H25N5O2. The van der Waals surface area contributed by atoms with E-state index in [4.69, 9.17) is 4.74 Å². The minimum atomic E-state index is -0.201. The number of amides is 1. The van der Waals surface area contributed by atoms with E-state index in [1.807, 2.05) is 38.4 Å². The number of ether oxygens (including phenoxy) is 1. The first kappa shape index (κ1) is 18.7. The molecule has 25 heavy (non-hydrogen) atoms. The Kier molecular flexibility index (Phi) is 7.16. The van der Waals surface area contributed by atoms with Gasteiger partial charge in [-0.1, -0.05) is 12.1 Å². The predicted molar refractivity (Wildman–Crippen MR) is 97.9 cm³/mol. The molecule has 134 valence electrons. The molecule has 0 saturated carbocycles. The van der Waals surface area contributed by atoms with Gasteiger partial charge in [-0.2, -0.15) is 0 Å². The van der Waals surface area contributed by atoms with Gasteiger partial charge in [-0.05, 0) is 56.9 Å². The van der Waals surface area contributed by atoms with Crippen LogP contribution in [0.2, 0.25) is 0 Å². The zero-order valence-corrected chi connectivity index (χ0v) is 15.0. The molecule has 1 heterocycles. The molecule has 0 aliphatic carbocycles. The van der Waals surface area contributed by atoms with Crippen LogP contribution in [0.1, 0.15) is 22.5 Å². The maximum Gasteiger partial charge on any atom is 0.271 e. The average Bonchev–Trinajstić information content (AvgIpc) is 2.64. The molecule has 7 nitrogen and oxygen atoms in total. The van der Waals surface area contributed by atoms with Crippen LogP contribution in [0, 0.1) is 0 Å². The number of nitrogens with zero attached hydrogens (tertiary/aromatic N) is 3. The van der Waals surface area contributed by atoms with Gasteiger partial charge in [-0.15, -0.1) is 10.2 Å². The molecule has 7 heteroatoms. The zero-order valence-electron chi connectivity index (χ0n) is 15.0. The summed E-state index contributed by atoms with van der Waals surface area (Å²) in [5, 5.41) is 14.0. The maximum atomic E-state index is 12.0. The van der Waals surface area contributed by atoms with Gasteiger partial charge in [0.1, 0.15) is 11.6 Å².